The number of benzene rings is 2. The zero-order chi connectivity index (χ0) is 17.8. The third kappa shape index (κ3) is 3.83. The minimum absolute atomic E-state index is 0.285. The summed E-state index contributed by atoms with van der Waals surface area (Å²) in [6, 6.07) is 13.8. The molecule has 0 saturated carbocycles. The molecule has 5 nitrogen and oxygen atoms in total. The van der Waals surface area contributed by atoms with Crippen molar-refractivity contribution in [1.29, 1.82) is 0 Å². The minimum atomic E-state index is -0.910. The molecule has 0 bridgehead atoms. The van der Waals surface area contributed by atoms with Gasteiger partial charge >= 0.3 is 0 Å². The van der Waals surface area contributed by atoms with Crippen molar-refractivity contribution in [2.45, 2.75) is 11.3 Å². The second kappa shape index (κ2) is 7.67. The molecular formula is C18H18FN3O2S. The number of aromatic nitrogens is 3. The van der Waals surface area contributed by atoms with Crippen LogP contribution in [0.1, 0.15) is 11.7 Å². The van der Waals surface area contributed by atoms with E-state index < -0.39 is 11.9 Å². The van der Waals surface area contributed by atoms with Crippen molar-refractivity contribution in [2.75, 3.05) is 12.9 Å². The van der Waals surface area contributed by atoms with Crippen LogP contribution in [-0.2, 0) is 7.05 Å². The average Bonchev–Trinajstić information content (AvgIpc) is 3.01. The van der Waals surface area contributed by atoms with E-state index in [1.54, 1.807) is 25.3 Å². The second-order valence-electron chi connectivity index (χ2n) is 5.44. The monoisotopic (exact) mass is 359 g/mol. The van der Waals surface area contributed by atoms with Crippen molar-refractivity contribution in [3.8, 4) is 17.1 Å². The Morgan fingerprint density at radius 3 is 2.56 bits per heavy atom. The summed E-state index contributed by atoms with van der Waals surface area (Å²) in [5.41, 5.74) is 1.20. The summed E-state index contributed by atoms with van der Waals surface area (Å²) in [5, 5.41) is 19.2. The Bertz CT molecular complexity index is 852. The number of thioether (sulfide) groups is 1. The molecule has 3 rings (SSSR count). The first-order chi connectivity index (χ1) is 12.1. The number of ether oxygens (including phenoxy) is 1. The van der Waals surface area contributed by atoms with Gasteiger partial charge in [-0.05, 0) is 30.3 Å². The van der Waals surface area contributed by atoms with E-state index in [0.29, 0.717) is 11.0 Å². The molecule has 1 heterocycles. The zero-order valence-electron chi connectivity index (χ0n) is 13.9. The molecule has 3 aromatic rings. The van der Waals surface area contributed by atoms with E-state index in [1.807, 2.05) is 35.9 Å². The molecule has 7 heteroatoms. The quantitative estimate of drug-likeness (QED) is 0.683. The van der Waals surface area contributed by atoms with Gasteiger partial charge in [-0.1, -0.05) is 30.0 Å². The summed E-state index contributed by atoms with van der Waals surface area (Å²) in [4.78, 5) is 0. The molecule has 0 amide bonds. The van der Waals surface area contributed by atoms with Crippen molar-refractivity contribution < 1.29 is 14.2 Å². The summed E-state index contributed by atoms with van der Waals surface area (Å²) in [6.45, 7) is 0. The molecule has 25 heavy (non-hydrogen) atoms. The van der Waals surface area contributed by atoms with Gasteiger partial charge in [0.05, 0.1) is 13.2 Å². The maximum Gasteiger partial charge on any atom is 0.191 e. The summed E-state index contributed by atoms with van der Waals surface area (Å²) in [7, 11) is 3.48. The van der Waals surface area contributed by atoms with Gasteiger partial charge in [0.25, 0.3) is 0 Å². The fourth-order valence-electron chi connectivity index (χ4n) is 2.42. The number of nitrogens with zero attached hydrogens (tertiary/aromatic N) is 3. The molecule has 2 aromatic carbocycles. The standard InChI is InChI=1S/C18H18FN3O2S/c1-22-17(12-7-9-13(24-2)10-8-12)20-21-18(22)25-11-16(23)14-5-3-4-6-15(14)19/h3-10,16,23H,11H2,1-2H3/t16-/m1/s1. The molecule has 1 N–H and O–H groups in total. The molecule has 0 aliphatic carbocycles. The lowest BCUT2D eigenvalue weighted by Gasteiger charge is -2.11. The van der Waals surface area contributed by atoms with E-state index in [1.165, 1.54) is 17.8 Å². The maximum absolute atomic E-state index is 13.7. The highest BCUT2D eigenvalue weighted by atomic mass is 32.2. The van der Waals surface area contributed by atoms with E-state index >= 15 is 0 Å². The van der Waals surface area contributed by atoms with Gasteiger partial charge in [0, 0.05) is 23.9 Å². The van der Waals surface area contributed by atoms with Crippen LogP contribution in [0.4, 0.5) is 4.39 Å². The van der Waals surface area contributed by atoms with Crippen LogP contribution in [0.3, 0.4) is 0 Å². The molecule has 0 aliphatic rings. The Kier molecular flexibility index (Phi) is 5.35. The number of hydrogen-bond acceptors (Lipinski definition) is 5. The van der Waals surface area contributed by atoms with Crippen LogP contribution in [-0.4, -0.2) is 32.7 Å². The van der Waals surface area contributed by atoms with Gasteiger partial charge in [-0.15, -0.1) is 10.2 Å². The van der Waals surface area contributed by atoms with Gasteiger partial charge in [-0.25, -0.2) is 4.39 Å². The Morgan fingerprint density at radius 1 is 1.16 bits per heavy atom. The lowest BCUT2D eigenvalue weighted by Crippen LogP contribution is -2.04. The lowest BCUT2D eigenvalue weighted by atomic mass is 10.1. The molecule has 1 atom stereocenters. The SMILES string of the molecule is COc1ccc(-c2nnc(SC[C@@H](O)c3ccccc3F)n2C)cc1. The van der Waals surface area contributed by atoms with Crippen LogP contribution < -0.4 is 4.74 Å². The zero-order valence-corrected chi connectivity index (χ0v) is 14.7. The number of aliphatic hydroxyl groups excluding tert-OH is 1. The Labute approximate surface area is 149 Å². The van der Waals surface area contributed by atoms with E-state index in [9.17, 15) is 9.50 Å². The van der Waals surface area contributed by atoms with Gasteiger partial charge in [0.1, 0.15) is 11.6 Å². The normalized spacial score (nSPS) is 12.2. The molecule has 1 aromatic heterocycles. The van der Waals surface area contributed by atoms with E-state index in [0.717, 1.165) is 11.3 Å². The summed E-state index contributed by atoms with van der Waals surface area (Å²) >= 11 is 1.33. The third-order valence-corrected chi connectivity index (χ3v) is 4.91. The first-order valence-electron chi connectivity index (χ1n) is 7.69. The largest absolute Gasteiger partial charge is 0.497 e. The number of methoxy groups -OCH3 is 1. The molecule has 0 radical (unpaired) electrons. The Balaban J connectivity index is 1.72. The number of halogens is 1. The maximum atomic E-state index is 13.7. The number of aliphatic hydroxyl groups is 1. The van der Waals surface area contributed by atoms with Crippen molar-refractivity contribution >= 4 is 11.8 Å². The molecule has 0 spiro atoms. The van der Waals surface area contributed by atoms with E-state index in [2.05, 4.69) is 10.2 Å². The lowest BCUT2D eigenvalue weighted by molar-refractivity contribution is 0.199. The third-order valence-electron chi connectivity index (χ3n) is 3.82. The highest BCUT2D eigenvalue weighted by molar-refractivity contribution is 7.99. The van der Waals surface area contributed by atoms with Gasteiger partial charge in [-0.2, -0.15) is 0 Å². The van der Waals surface area contributed by atoms with Crippen LogP contribution in [0.15, 0.2) is 53.7 Å². The molecule has 130 valence electrons. The van der Waals surface area contributed by atoms with Crippen LogP contribution in [0.25, 0.3) is 11.4 Å². The Hall–Kier alpha value is -2.38. The number of hydrogen-bond donors (Lipinski definition) is 1. The summed E-state index contributed by atoms with van der Waals surface area (Å²) in [5.74, 6) is 1.36. The first-order valence-corrected chi connectivity index (χ1v) is 8.68. The van der Waals surface area contributed by atoms with Crippen molar-refractivity contribution in [3.63, 3.8) is 0 Å². The number of rotatable bonds is 6. The first kappa shape index (κ1) is 17.4. The fraction of sp³-hybridized carbons (Fsp3) is 0.222. The predicted molar refractivity (Wildman–Crippen MR) is 95.1 cm³/mol. The summed E-state index contributed by atoms with van der Waals surface area (Å²) in [6.07, 6.45) is -0.910. The van der Waals surface area contributed by atoms with Crippen LogP contribution in [0.2, 0.25) is 0 Å². The van der Waals surface area contributed by atoms with Gasteiger partial charge in [-0.3, -0.25) is 0 Å². The highest BCUT2D eigenvalue weighted by Crippen LogP contribution is 2.28. The van der Waals surface area contributed by atoms with Gasteiger partial charge in [0.15, 0.2) is 11.0 Å². The Morgan fingerprint density at radius 2 is 1.88 bits per heavy atom. The van der Waals surface area contributed by atoms with Crippen molar-refractivity contribution in [1.82, 2.24) is 14.8 Å². The highest BCUT2D eigenvalue weighted by Gasteiger charge is 2.16. The van der Waals surface area contributed by atoms with Crippen LogP contribution in [0, 0.1) is 5.82 Å². The second-order valence-corrected chi connectivity index (χ2v) is 6.43. The van der Waals surface area contributed by atoms with Crippen molar-refractivity contribution in [3.05, 3.63) is 59.9 Å². The van der Waals surface area contributed by atoms with Gasteiger partial charge < -0.3 is 14.4 Å². The van der Waals surface area contributed by atoms with Crippen LogP contribution >= 0.6 is 11.8 Å². The van der Waals surface area contributed by atoms with Crippen molar-refractivity contribution in [2.24, 2.45) is 7.05 Å². The average molecular weight is 359 g/mol. The topological polar surface area (TPSA) is 60.2 Å². The van der Waals surface area contributed by atoms with Crippen LogP contribution in [0.5, 0.6) is 5.75 Å². The van der Waals surface area contributed by atoms with E-state index in [4.69, 9.17) is 4.74 Å². The molecular weight excluding hydrogens is 341 g/mol. The fourth-order valence-corrected chi connectivity index (χ4v) is 3.29. The molecule has 0 saturated heterocycles. The predicted octanol–water partition coefficient (Wildman–Crippen LogP) is 3.46. The molecule has 0 fully saturated rings. The summed E-state index contributed by atoms with van der Waals surface area (Å²) < 4.78 is 20.7. The van der Waals surface area contributed by atoms with E-state index in [-0.39, 0.29) is 11.3 Å². The molecule has 0 aliphatic heterocycles. The minimum Gasteiger partial charge on any atom is -0.497 e. The smallest absolute Gasteiger partial charge is 0.191 e. The van der Waals surface area contributed by atoms with Gasteiger partial charge in [0.2, 0.25) is 0 Å². The molecule has 0 unspecified atom stereocenters.